The lowest BCUT2D eigenvalue weighted by Crippen LogP contribution is -2.33. The molecular weight excluding hydrogens is 376 g/mol. The highest BCUT2D eigenvalue weighted by Gasteiger charge is 2.14. The summed E-state index contributed by atoms with van der Waals surface area (Å²) in [5, 5.41) is 3.73. The van der Waals surface area contributed by atoms with E-state index in [4.69, 9.17) is 14.5 Å². The Bertz CT molecular complexity index is 723. The Morgan fingerprint density at radius 1 is 1.29 bits per heavy atom. The summed E-state index contributed by atoms with van der Waals surface area (Å²) in [5.74, 6) is 1.65. The van der Waals surface area contributed by atoms with Crippen molar-refractivity contribution in [2.75, 3.05) is 45.4 Å². The van der Waals surface area contributed by atoms with Crippen LogP contribution in [0.1, 0.15) is 37.6 Å². The number of unbranched alkanes of at least 4 members (excludes halogenated alkanes) is 1. The molecule has 0 fully saturated rings. The standard InChI is InChI=1S/C20H30N4O3S/c1-4-5-11-24(12-9-19(25)21-10-13-26-2)20-22-18(23-28-20)15-16-7-6-8-17(14-16)27-3/h6-8,14H,4-5,9-13,15H2,1-3H3,(H,21,25). The molecule has 7 nitrogen and oxygen atoms in total. The molecule has 1 N–H and O–H groups in total. The first kappa shape index (κ1) is 22.1. The van der Waals surface area contributed by atoms with Crippen LogP contribution in [0.25, 0.3) is 0 Å². The van der Waals surface area contributed by atoms with Gasteiger partial charge in [0.25, 0.3) is 0 Å². The van der Waals surface area contributed by atoms with E-state index in [9.17, 15) is 4.79 Å². The molecule has 0 saturated carbocycles. The van der Waals surface area contributed by atoms with Gasteiger partial charge in [0.15, 0.2) is 0 Å². The second-order valence-corrected chi connectivity index (χ2v) is 7.19. The molecule has 0 atom stereocenters. The predicted molar refractivity (Wildman–Crippen MR) is 112 cm³/mol. The average molecular weight is 407 g/mol. The Morgan fingerprint density at radius 2 is 2.14 bits per heavy atom. The van der Waals surface area contributed by atoms with Crippen LogP contribution in [-0.2, 0) is 16.0 Å². The van der Waals surface area contributed by atoms with Crippen LogP contribution < -0.4 is 15.0 Å². The highest BCUT2D eigenvalue weighted by molar-refractivity contribution is 7.09. The van der Waals surface area contributed by atoms with E-state index in [-0.39, 0.29) is 5.91 Å². The molecule has 154 valence electrons. The summed E-state index contributed by atoms with van der Waals surface area (Å²) in [5.41, 5.74) is 1.11. The number of carbonyl (C=O) groups is 1. The number of benzene rings is 1. The number of hydrogen-bond donors (Lipinski definition) is 1. The molecule has 0 aliphatic rings. The maximum atomic E-state index is 12.0. The number of methoxy groups -OCH3 is 2. The van der Waals surface area contributed by atoms with Crippen LogP contribution in [0.15, 0.2) is 24.3 Å². The number of rotatable bonds is 13. The van der Waals surface area contributed by atoms with Gasteiger partial charge in [0.1, 0.15) is 11.6 Å². The fourth-order valence-corrected chi connectivity index (χ4v) is 3.42. The molecule has 2 rings (SSSR count). The van der Waals surface area contributed by atoms with Crippen LogP contribution >= 0.6 is 11.5 Å². The van der Waals surface area contributed by atoms with Gasteiger partial charge in [-0.1, -0.05) is 25.5 Å². The normalized spacial score (nSPS) is 10.7. The van der Waals surface area contributed by atoms with Crippen LogP contribution in [0.5, 0.6) is 5.75 Å². The fourth-order valence-electron chi connectivity index (χ4n) is 2.68. The van der Waals surface area contributed by atoms with E-state index < -0.39 is 0 Å². The van der Waals surface area contributed by atoms with Gasteiger partial charge in [-0.15, -0.1) is 0 Å². The van der Waals surface area contributed by atoms with Crippen molar-refractivity contribution in [2.24, 2.45) is 0 Å². The summed E-state index contributed by atoms with van der Waals surface area (Å²) in [7, 11) is 3.28. The second-order valence-electron chi connectivity index (χ2n) is 6.45. The van der Waals surface area contributed by atoms with Gasteiger partial charge in [-0.2, -0.15) is 4.37 Å². The van der Waals surface area contributed by atoms with E-state index in [2.05, 4.69) is 21.5 Å². The number of nitrogens with zero attached hydrogens (tertiary/aromatic N) is 3. The van der Waals surface area contributed by atoms with Gasteiger partial charge < -0.3 is 19.7 Å². The zero-order chi connectivity index (χ0) is 20.2. The molecule has 0 aliphatic carbocycles. The molecule has 2 aromatic rings. The Labute approximate surface area is 171 Å². The molecule has 1 aromatic heterocycles. The summed E-state index contributed by atoms with van der Waals surface area (Å²) < 4.78 is 14.7. The van der Waals surface area contributed by atoms with Crippen LogP contribution in [0.2, 0.25) is 0 Å². The van der Waals surface area contributed by atoms with Crippen molar-refractivity contribution in [3.63, 3.8) is 0 Å². The molecular formula is C20H30N4O3S. The van der Waals surface area contributed by atoms with Crippen molar-refractivity contribution < 1.29 is 14.3 Å². The summed E-state index contributed by atoms with van der Waals surface area (Å²) in [6, 6.07) is 7.94. The van der Waals surface area contributed by atoms with Gasteiger partial charge >= 0.3 is 0 Å². The van der Waals surface area contributed by atoms with Gasteiger partial charge in [-0.25, -0.2) is 4.98 Å². The Morgan fingerprint density at radius 3 is 2.89 bits per heavy atom. The largest absolute Gasteiger partial charge is 0.497 e. The van der Waals surface area contributed by atoms with Crippen LogP contribution in [0.3, 0.4) is 0 Å². The molecule has 1 heterocycles. The van der Waals surface area contributed by atoms with E-state index in [0.29, 0.717) is 32.5 Å². The number of hydrogen-bond acceptors (Lipinski definition) is 7. The van der Waals surface area contributed by atoms with E-state index in [1.807, 2.05) is 24.3 Å². The van der Waals surface area contributed by atoms with E-state index >= 15 is 0 Å². The maximum Gasteiger partial charge on any atom is 0.221 e. The Balaban J connectivity index is 1.96. The SMILES string of the molecule is CCCCN(CCC(=O)NCCOC)c1nc(Cc2cccc(OC)c2)ns1. The topological polar surface area (TPSA) is 76.6 Å². The average Bonchev–Trinajstić information content (AvgIpc) is 3.16. The maximum absolute atomic E-state index is 12.0. The molecule has 1 amide bonds. The Hall–Kier alpha value is -2.19. The molecule has 0 bridgehead atoms. The number of nitrogens with one attached hydrogen (secondary N) is 1. The second kappa shape index (κ2) is 12.3. The third-order valence-electron chi connectivity index (χ3n) is 4.24. The monoisotopic (exact) mass is 406 g/mol. The highest BCUT2D eigenvalue weighted by atomic mass is 32.1. The third kappa shape index (κ3) is 7.44. The number of anilines is 1. The molecule has 8 heteroatoms. The van der Waals surface area contributed by atoms with Crippen molar-refractivity contribution in [3.05, 3.63) is 35.7 Å². The van der Waals surface area contributed by atoms with Crippen molar-refractivity contribution >= 4 is 22.6 Å². The molecule has 0 spiro atoms. The zero-order valence-corrected chi connectivity index (χ0v) is 17.8. The van der Waals surface area contributed by atoms with Crippen LogP contribution in [-0.4, -0.2) is 55.7 Å². The molecule has 1 aromatic carbocycles. The lowest BCUT2D eigenvalue weighted by molar-refractivity contribution is -0.121. The minimum Gasteiger partial charge on any atom is -0.497 e. The van der Waals surface area contributed by atoms with Gasteiger partial charge in [0.2, 0.25) is 11.0 Å². The van der Waals surface area contributed by atoms with Gasteiger partial charge in [0, 0.05) is 51.1 Å². The third-order valence-corrected chi connectivity index (χ3v) is 5.06. The van der Waals surface area contributed by atoms with Gasteiger partial charge in [-0.3, -0.25) is 4.79 Å². The van der Waals surface area contributed by atoms with E-state index in [0.717, 1.165) is 41.7 Å². The van der Waals surface area contributed by atoms with E-state index in [1.54, 1.807) is 14.2 Å². The highest BCUT2D eigenvalue weighted by Crippen LogP contribution is 2.21. The van der Waals surface area contributed by atoms with Crippen LogP contribution in [0, 0.1) is 0 Å². The van der Waals surface area contributed by atoms with Gasteiger partial charge in [-0.05, 0) is 24.1 Å². The van der Waals surface area contributed by atoms with Gasteiger partial charge in [0.05, 0.1) is 13.7 Å². The number of carbonyl (C=O) groups excluding carboxylic acids is 1. The van der Waals surface area contributed by atoms with Crippen molar-refractivity contribution in [2.45, 2.75) is 32.6 Å². The molecule has 28 heavy (non-hydrogen) atoms. The smallest absolute Gasteiger partial charge is 0.221 e. The molecule has 0 saturated heterocycles. The lowest BCUT2D eigenvalue weighted by atomic mass is 10.1. The van der Waals surface area contributed by atoms with Crippen molar-refractivity contribution in [1.82, 2.24) is 14.7 Å². The fraction of sp³-hybridized carbons (Fsp3) is 0.550. The van der Waals surface area contributed by atoms with Crippen molar-refractivity contribution in [1.29, 1.82) is 0 Å². The first-order chi connectivity index (χ1) is 13.7. The summed E-state index contributed by atoms with van der Waals surface area (Å²) in [6.07, 6.45) is 3.23. The minimum absolute atomic E-state index is 0.0275. The quantitative estimate of drug-likeness (QED) is 0.516. The zero-order valence-electron chi connectivity index (χ0n) is 16.9. The van der Waals surface area contributed by atoms with E-state index in [1.165, 1.54) is 11.5 Å². The van der Waals surface area contributed by atoms with Crippen molar-refractivity contribution in [3.8, 4) is 5.75 Å². The lowest BCUT2D eigenvalue weighted by Gasteiger charge is -2.20. The molecule has 0 unspecified atom stereocenters. The molecule has 0 aliphatic heterocycles. The Kier molecular flexibility index (Phi) is 9.71. The predicted octanol–water partition coefficient (Wildman–Crippen LogP) is 2.90. The first-order valence-corrected chi connectivity index (χ1v) is 10.4. The summed E-state index contributed by atoms with van der Waals surface area (Å²) in [6.45, 7) is 4.72. The minimum atomic E-state index is 0.0275. The number of ether oxygens (including phenoxy) is 2. The number of amides is 1. The first-order valence-electron chi connectivity index (χ1n) is 9.62. The molecule has 0 radical (unpaired) electrons. The summed E-state index contributed by atoms with van der Waals surface area (Å²) in [4.78, 5) is 18.9. The number of aromatic nitrogens is 2. The van der Waals surface area contributed by atoms with Crippen LogP contribution in [0.4, 0.5) is 5.13 Å². The summed E-state index contributed by atoms with van der Waals surface area (Å²) >= 11 is 1.39.